The van der Waals surface area contributed by atoms with Crippen molar-refractivity contribution in [2.45, 2.75) is 53.2 Å². The van der Waals surface area contributed by atoms with Crippen LogP contribution in [0.25, 0.3) is 0 Å². The minimum atomic E-state index is 0.200. The number of hydrogen-bond donors (Lipinski definition) is 1. The summed E-state index contributed by atoms with van der Waals surface area (Å²) in [6, 6.07) is 0.391. The van der Waals surface area contributed by atoms with E-state index in [0.717, 1.165) is 25.3 Å². The lowest BCUT2D eigenvalue weighted by Crippen LogP contribution is -2.40. The molecule has 0 aliphatic heterocycles. The van der Waals surface area contributed by atoms with Gasteiger partial charge in [-0.1, -0.05) is 20.8 Å². The first-order valence-corrected chi connectivity index (χ1v) is 6.68. The summed E-state index contributed by atoms with van der Waals surface area (Å²) in [6.45, 7) is 10.3. The molecule has 0 saturated heterocycles. The van der Waals surface area contributed by atoms with Gasteiger partial charge in [0.05, 0.1) is 6.54 Å². The number of aromatic nitrogens is 3. The molecule has 4 nitrogen and oxygen atoms in total. The fourth-order valence-corrected chi connectivity index (χ4v) is 2.07. The van der Waals surface area contributed by atoms with Crippen LogP contribution in [0.2, 0.25) is 0 Å². The second-order valence-corrected chi connectivity index (χ2v) is 5.65. The average molecular weight is 259 g/mol. The Balaban J connectivity index is 2.58. The van der Waals surface area contributed by atoms with Crippen molar-refractivity contribution < 1.29 is 0 Å². The second-order valence-electron chi connectivity index (χ2n) is 5.27. The molecule has 0 aliphatic rings. The maximum atomic E-state index is 5.85. The van der Waals surface area contributed by atoms with Crippen LogP contribution in [0.15, 0.2) is 6.33 Å². The third-order valence-corrected chi connectivity index (χ3v) is 3.16. The topological polar surface area (TPSA) is 42.7 Å². The molecular weight excluding hydrogens is 236 g/mol. The van der Waals surface area contributed by atoms with Crippen LogP contribution in [0, 0.1) is 5.41 Å². The largest absolute Gasteiger partial charge is 0.306 e. The van der Waals surface area contributed by atoms with Crippen LogP contribution in [-0.4, -0.2) is 26.7 Å². The van der Waals surface area contributed by atoms with E-state index in [1.165, 1.54) is 0 Å². The van der Waals surface area contributed by atoms with Crippen LogP contribution < -0.4 is 5.32 Å². The van der Waals surface area contributed by atoms with Crippen LogP contribution in [0.4, 0.5) is 0 Å². The SMILES string of the molecule is CCn1ncnc1CNC(CCCl)C(C)(C)C. The Hall–Kier alpha value is -0.610. The molecule has 0 fully saturated rings. The van der Waals surface area contributed by atoms with Crippen molar-refractivity contribution in [2.75, 3.05) is 5.88 Å². The van der Waals surface area contributed by atoms with Crippen LogP contribution >= 0.6 is 11.6 Å². The van der Waals surface area contributed by atoms with Gasteiger partial charge in [0.2, 0.25) is 0 Å². The molecule has 1 aromatic heterocycles. The van der Waals surface area contributed by atoms with Gasteiger partial charge in [0, 0.05) is 18.5 Å². The van der Waals surface area contributed by atoms with Crippen molar-refractivity contribution in [3.05, 3.63) is 12.2 Å². The van der Waals surface area contributed by atoms with Crippen molar-refractivity contribution in [1.29, 1.82) is 0 Å². The van der Waals surface area contributed by atoms with Gasteiger partial charge >= 0.3 is 0 Å². The molecule has 0 aromatic carbocycles. The summed E-state index contributed by atoms with van der Waals surface area (Å²) in [5.41, 5.74) is 0.200. The van der Waals surface area contributed by atoms with E-state index in [9.17, 15) is 0 Å². The molecule has 0 bridgehead atoms. The standard InChI is InChI=1S/C12H23ClN4/c1-5-17-11(15-9-16-17)8-14-10(6-7-13)12(2,3)4/h9-10,14H,5-8H2,1-4H3. The molecule has 0 saturated carbocycles. The normalized spacial score (nSPS) is 13.9. The zero-order valence-electron chi connectivity index (χ0n) is 11.2. The summed E-state index contributed by atoms with van der Waals surface area (Å²) in [4.78, 5) is 4.26. The molecule has 17 heavy (non-hydrogen) atoms. The van der Waals surface area contributed by atoms with Gasteiger partial charge in [0.1, 0.15) is 12.2 Å². The third kappa shape index (κ3) is 4.28. The summed E-state index contributed by atoms with van der Waals surface area (Å²) in [5, 5.41) is 7.69. The zero-order chi connectivity index (χ0) is 12.9. The summed E-state index contributed by atoms with van der Waals surface area (Å²) >= 11 is 5.85. The Kier molecular flexibility index (Phi) is 5.40. The first-order chi connectivity index (χ1) is 7.99. The van der Waals surface area contributed by atoms with Crippen molar-refractivity contribution in [3.8, 4) is 0 Å². The lowest BCUT2D eigenvalue weighted by atomic mass is 9.85. The number of halogens is 1. The van der Waals surface area contributed by atoms with E-state index < -0.39 is 0 Å². The quantitative estimate of drug-likeness (QED) is 0.797. The molecule has 98 valence electrons. The fraction of sp³-hybridized carbons (Fsp3) is 0.833. The molecule has 1 rings (SSSR count). The number of nitrogens with one attached hydrogen (secondary N) is 1. The van der Waals surface area contributed by atoms with E-state index in [0.29, 0.717) is 11.9 Å². The molecule has 1 atom stereocenters. The van der Waals surface area contributed by atoms with Gasteiger partial charge in [-0.2, -0.15) is 5.10 Å². The van der Waals surface area contributed by atoms with Crippen LogP contribution in [-0.2, 0) is 13.1 Å². The Morgan fingerprint density at radius 2 is 2.18 bits per heavy atom. The van der Waals surface area contributed by atoms with Crippen molar-refractivity contribution in [1.82, 2.24) is 20.1 Å². The van der Waals surface area contributed by atoms with Gasteiger partial charge in [-0.25, -0.2) is 9.67 Å². The number of alkyl halides is 1. The third-order valence-electron chi connectivity index (χ3n) is 2.95. The second kappa shape index (κ2) is 6.36. The summed E-state index contributed by atoms with van der Waals surface area (Å²) in [6.07, 6.45) is 2.57. The summed E-state index contributed by atoms with van der Waals surface area (Å²) in [7, 11) is 0. The molecule has 0 amide bonds. The van der Waals surface area contributed by atoms with E-state index in [1.807, 2.05) is 4.68 Å². The Bertz CT molecular complexity index is 329. The van der Waals surface area contributed by atoms with Gasteiger partial charge < -0.3 is 5.32 Å². The van der Waals surface area contributed by atoms with Crippen molar-refractivity contribution >= 4 is 11.6 Å². The van der Waals surface area contributed by atoms with Gasteiger partial charge in [-0.3, -0.25) is 0 Å². The van der Waals surface area contributed by atoms with Gasteiger partial charge in [0.25, 0.3) is 0 Å². The van der Waals surface area contributed by atoms with Gasteiger partial charge in [-0.05, 0) is 18.8 Å². The highest BCUT2D eigenvalue weighted by atomic mass is 35.5. The summed E-state index contributed by atoms with van der Waals surface area (Å²) in [5.74, 6) is 1.66. The van der Waals surface area contributed by atoms with E-state index in [1.54, 1.807) is 6.33 Å². The smallest absolute Gasteiger partial charge is 0.140 e. The molecule has 5 heteroatoms. The highest BCUT2D eigenvalue weighted by Crippen LogP contribution is 2.22. The molecule has 0 aliphatic carbocycles. The molecule has 1 unspecified atom stereocenters. The molecule has 1 N–H and O–H groups in total. The highest BCUT2D eigenvalue weighted by Gasteiger charge is 2.23. The molecular formula is C12H23ClN4. The lowest BCUT2D eigenvalue weighted by molar-refractivity contribution is 0.257. The first-order valence-electron chi connectivity index (χ1n) is 6.15. The van der Waals surface area contributed by atoms with Gasteiger partial charge in [0.15, 0.2) is 0 Å². The fourth-order valence-electron chi connectivity index (χ4n) is 1.85. The summed E-state index contributed by atoms with van der Waals surface area (Å²) < 4.78 is 1.91. The molecule has 0 spiro atoms. The highest BCUT2D eigenvalue weighted by molar-refractivity contribution is 6.17. The maximum Gasteiger partial charge on any atom is 0.140 e. The van der Waals surface area contributed by atoms with Crippen LogP contribution in [0.1, 0.15) is 39.9 Å². The number of rotatable bonds is 6. The minimum Gasteiger partial charge on any atom is -0.306 e. The zero-order valence-corrected chi connectivity index (χ0v) is 12.0. The first kappa shape index (κ1) is 14.5. The molecule has 1 heterocycles. The van der Waals surface area contributed by atoms with Crippen molar-refractivity contribution in [3.63, 3.8) is 0 Å². The Labute approximate surface area is 109 Å². The van der Waals surface area contributed by atoms with Crippen molar-refractivity contribution in [2.24, 2.45) is 5.41 Å². The molecule has 1 aromatic rings. The number of hydrogen-bond acceptors (Lipinski definition) is 3. The van der Waals surface area contributed by atoms with Crippen LogP contribution in [0.5, 0.6) is 0 Å². The van der Waals surface area contributed by atoms with Crippen LogP contribution in [0.3, 0.4) is 0 Å². The van der Waals surface area contributed by atoms with E-state index in [-0.39, 0.29) is 5.41 Å². The maximum absolute atomic E-state index is 5.85. The number of nitrogens with zero attached hydrogens (tertiary/aromatic N) is 3. The van der Waals surface area contributed by atoms with Gasteiger partial charge in [-0.15, -0.1) is 11.6 Å². The Morgan fingerprint density at radius 1 is 1.47 bits per heavy atom. The van der Waals surface area contributed by atoms with E-state index in [2.05, 4.69) is 43.1 Å². The van der Waals surface area contributed by atoms with E-state index >= 15 is 0 Å². The number of aryl methyl sites for hydroxylation is 1. The Morgan fingerprint density at radius 3 is 2.71 bits per heavy atom. The minimum absolute atomic E-state index is 0.200. The predicted octanol–water partition coefficient (Wildman–Crippen LogP) is 2.43. The average Bonchev–Trinajstić information content (AvgIpc) is 2.69. The lowest BCUT2D eigenvalue weighted by Gasteiger charge is -2.31. The van der Waals surface area contributed by atoms with E-state index in [4.69, 9.17) is 11.6 Å². The molecule has 0 radical (unpaired) electrons. The monoisotopic (exact) mass is 258 g/mol. The predicted molar refractivity (Wildman–Crippen MR) is 71.1 cm³/mol.